The van der Waals surface area contributed by atoms with Crippen LogP contribution in [0.25, 0.3) is 0 Å². The molecule has 7 heavy (non-hydrogen) atoms. The third-order valence-corrected chi connectivity index (χ3v) is 1.29. The van der Waals surface area contributed by atoms with Crippen LogP contribution in [0.3, 0.4) is 0 Å². The maximum absolute atomic E-state index is 8.39. The van der Waals surface area contributed by atoms with Crippen LogP contribution in [0.1, 0.15) is 12.8 Å². The van der Waals surface area contributed by atoms with Crippen LogP contribution < -0.4 is 0 Å². The molecule has 0 aromatic rings. The van der Waals surface area contributed by atoms with E-state index in [4.69, 9.17) is 5.11 Å². The highest BCUT2D eigenvalue weighted by Gasteiger charge is 1.87. The van der Waals surface area contributed by atoms with Crippen molar-refractivity contribution in [3.05, 3.63) is 0 Å². The molecule has 0 rings (SSSR count). The van der Waals surface area contributed by atoms with Crippen molar-refractivity contribution in [2.45, 2.75) is 12.8 Å². The minimum Gasteiger partial charge on any atom is -0.502 e. The second-order valence-corrected chi connectivity index (χ2v) is 2.45. The number of thiocarbonyl (C=S) groups is 1. The standard InChI is InChI=1S/C4H7BrOS/c5-3-1-2-4(6)7/h1-3H2,(H,6,7). The summed E-state index contributed by atoms with van der Waals surface area (Å²) >= 11 is 7.60. The first kappa shape index (κ1) is 7.37. The molecule has 0 aromatic carbocycles. The van der Waals surface area contributed by atoms with Crippen molar-refractivity contribution in [1.29, 1.82) is 0 Å². The van der Waals surface area contributed by atoms with Gasteiger partial charge in [-0.15, -0.1) is 0 Å². The fourth-order valence-electron chi connectivity index (χ4n) is 0.218. The zero-order valence-electron chi connectivity index (χ0n) is 3.85. The summed E-state index contributed by atoms with van der Waals surface area (Å²) < 4.78 is 0. The maximum atomic E-state index is 8.39. The van der Waals surface area contributed by atoms with Gasteiger partial charge in [-0.3, -0.25) is 0 Å². The molecule has 1 nitrogen and oxygen atoms in total. The van der Waals surface area contributed by atoms with Gasteiger partial charge in [-0.25, -0.2) is 0 Å². The SMILES string of the molecule is OC(=S)CCCBr. The number of hydrogen-bond donors (Lipinski definition) is 1. The van der Waals surface area contributed by atoms with Crippen molar-refractivity contribution in [1.82, 2.24) is 0 Å². The van der Waals surface area contributed by atoms with Crippen LogP contribution in [0, 0.1) is 0 Å². The Balaban J connectivity index is 2.82. The summed E-state index contributed by atoms with van der Waals surface area (Å²) in [6.07, 6.45) is 1.57. The summed E-state index contributed by atoms with van der Waals surface area (Å²) in [4.78, 5) is 0. The zero-order chi connectivity index (χ0) is 5.70. The van der Waals surface area contributed by atoms with E-state index in [1.165, 1.54) is 0 Å². The lowest BCUT2D eigenvalue weighted by Crippen LogP contribution is -1.89. The Hall–Kier alpha value is 0.370. The molecule has 0 saturated carbocycles. The minimum atomic E-state index is 0.111. The van der Waals surface area contributed by atoms with Gasteiger partial charge in [0.15, 0.2) is 5.05 Å². The molecule has 1 N–H and O–H groups in total. The monoisotopic (exact) mass is 182 g/mol. The number of halogens is 1. The highest BCUT2D eigenvalue weighted by atomic mass is 79.9. The molecule has 0 saturated heterocycles. The van der Waals surface area contributed by atoms with Gasteiger partial charge in [-0.2, -0.15) is 0 Å². The number of alkyl halides is 1. The van der Waals surface area contributed by atoms with Gasteiger partial charge in [-0.05, 0) is 18.6 Å². The van der Waals surface area contributed by atoms with E-state index in [0.717, 1.165) is 11.8 Å². The first-order valence-electron chi connectivity index (χ1n) is 2.05. The first-order chi connectivity index (χ1) is 3.27. The summed E-state index contributed by atoms with van der Waals surface area (Å²) in [5.74, 6) is 0. The van der Waals surface area contributed by atoms with E-state index in [0.29, 0.717) is 6.42 Å². The highest BCUT2D eigenvalue weighted by molar-refractivity contribution is 9.09. The molecule has 0 spiro atoms. The third-order valence-electron chi connectivity index (χ3n) is 0.524. The van der Waals surface area contributed by atoms with E-state index in [2.05, 4.69) is 28.1 Å². The molecular formula is C4H7BrOS. The Morgan fingerprint density at radius 2 is 2.29 bits per heavy atom. The smallest absolute Gasteiger partial charge is 0.156 e. The molecule has 0 aliphatic heterocycles. The predicted molar refractivity (Wildman–Crippen MR) is 38.3 cm³/mol. The summed E-state index contributed by atoms with van der Waals surface area (Å²) in [6.45, 7) is 0. The van der Waals surface area contributed by atoms with E-state index >= 15 is 0 Å². The Morgan fingerprint density at radius 1 is 1.71 bits per heavy atom. The molecular weight excluding hydrogens is 176 g/mol. The van der Waals surface area contributed by atoms with Crippen molar-refractivity contribution < 1.29 is 5.11 Å². The van der Waals surface area contributed by atoms with Crippen LogP contribution in [0.4, 0.5) is 0 Å². The molecule has 0 atom stereocenters. The van der Waals surface area contributed by atoms with Crippen LogP contribution in [0.5, 0.6) is 0 Å². The van der Waals surface area contributed by atoms with E-state index in [1.54, 1.807) is 0 Å². The summed E-state index contributed by atoms with van der Waals surface area (Å²) in [6, 6.07) is 0. The minimum absolute atomic E-state index is 0.111. The fraction of sp³-hybridized carbons (Fsp3) is 0.750. The molecule has 0 heterocycles. The average molecular weight is 183 g/mol. The summed E-state index contributed by atoms with van der Waals surface area (Å²) in [5, 5.41) is 9.42. The van der Waals surface area contributed by atoms with Crippen molar-refractivity contribution in [3.63, 3.8) is 0 Å². The van der Waals surface area contributed by atoms with Crippen LogP contribution in [0.15, 0.2) is 0 Å². The topological polar surface area (TPSA) is 20.2 Å². The van der Waals surface area contributed by atoms with E-state index in [9.17, 15) is 0 Å². The average Bonchev–Trinajstić information content (AvgIpc) is 1.61. The summed E-state index contributed by atoms with van der Waals surface area (Å²) in [5.41, 5.74) is 0. The van der Waals surface area contributed by atoms with E-state index < -0.39 is 0 Å². The van der Waals surface area contributed by atoms with Crippen molar-refractivity contribution in [2.75, 3.05) is 5.33 Å². The van der Waals surface area contributed by atoms with Gasteiger partial charge in [0.25, 0.3) is 0 Å². The molecule has 0 aromatic heterocycles. The van der Waals surface area contributed by atoms with E-state index in [1.807, 2.05) is 0 Å². The molecule has 0 aliphatic carbocycles. The Kier molecular flexibility index (Phi) is 4.77. The van der Waals surface area contributed by atoms with Crippen LogP contribution in [-0.2, 0) is 0 Å². The molecule has 0 amide bonds. The molecule has 3 heteroatoms. The zero-order valence-corrected chi connectivity index (χ0v) is 6.26. The number of hydrogen-bond acceptors (Lipinski definition) is 1. The van der Waals surface area contributed by atoms with Gasteiger partial charge < -0.3 is 5.11 Å². The van der Waals surface area contributed by atoms with Gasteiger partial charge in [0.2, 0.25) is 0 Å². The number of aliphatic hydroxyl groups is 1. The summed E-state index contributed by atoms with van der Waals surface area (Å²) in [7, 11) is 0. The van der Waals surface area contributed by atoms with Crippen molar-refractivity contribution in [3.8, 4) is 0 Å². The largest absolute Gasteiger partial charge is 0.502 e. The Labute approximate surface area is 56.9 Å². The maximum Gasteiger partial charge on any atom is 0.156 e. The Bertz CT molecular complexity index is 64.7. The quantitative estimate of drug-likeness (QED) is 0.533. The number of rotatable bonds is 3. The molecule has 0 fully saturated rings. The van der Waals surface area contributed by atoms with Crippen LogP contribution in [-0.4, -0.2) is 15.5 Å². The van der Waals surface area contributed by atoms with Crippen LogP contribution in [0.2, 0.25) is 0 Å². The van der Waals surface area contributed by atoms with Gasteiger partial charge in [0.05, 0.1) is 0 Å². The van der Waals surface area contributed by atoms with Crippen molar-refractivity contribution >= 4 is 33.2 Å². The predicted octanol–water partition coefficient (Wildman–Crippen LogP) is 2.05. The number of aliphatic hydroxyl groups excluding tert-OH is 1. The van der Waals surface area contributed by atoms with Crippen molar-refractivity contribution in [2.24, 2.45) is 0 Å². The normalized spacial score (nSPS) is 8.71. The van der Waals surface area contributed by atoms with Gasteiger partial charge in [0, 0.05) is 11.8 Å². The molecule has 0 bridgehead atoms. The molecule has 0 radical (unpaired) electrons. The molecule has 0 unspecified atom stereocenters. The second kappa shape index (κ2) is 4.53. The lowest BCUT2D eigenvalue weighted by atomic mass is 10.4. The first-order valence-corrected chi connectivity index (χ1v) is 3.58. The molecule has 0 aliphatic rings. The Morgan fingerprint density at radius 3 is 2.43 bits per heavy atom. The van der Waals surface area contributed by atoms with Gasteiger partial charge in [-0.1, -0.05) is 15.9 Å². The fourth-order valence-corrected chi connectivity index (χ4v) is 0.643. The molecule has 42 valence electrons. The van der Waals surface area contributed by atoms with Gasteiger partial charge >= 0.3 is 0 Å². The third kappa shape index (κ3) is 6.37. The highest BCUT2D eigenvalue weighted by Crippen LogP contribution is 1.93. The second-order valence-electron chi connectivity index (χ2n) is 1.19. The van der Waals surface area contributed by atoms with Crippen LogP contribution >= 0.6 is 28.1 Å². The lowest BCUT2D eigenvalue weighted by Gasteiger charge is -1.88. The van der Waals surface area contributed by atoms with Gasteiger partial charge in [0.1, 0.15) is 0 Å². The lowest BCUT2D eigenvalue weighted by molar-refractivity contribution is 0.547. The van der Waals surface area contributed by atoms with E-state index in [-0.39, 0.29) is 5.05 Å².